The zero-order valence-corrected chi connectivity index (χ0v) is 22.6. The van der Waals surface area contributed by atoms with Gasteiger partial charge in [0.25, 0.3) is 15.9 Å². The van der Waals surface area contributed by atoms with E-state index in [1.807, 2.05) is 0 Å². The summed E-state index contributed by atoms with van der Waals surface area (Å²) in [4.78, 5) is 12.8. The highest BCUT2D eigenvalue weighted by molar-refractivity contribution is 7.92. The fourth-order valence-corrected chi connectivity index (χ4v) is 5.40. The lowest BCUT2D eigenvalue weighted by atomic mass is 10.1. The molecule has 2 aromatic carbocycles. The monoisotopic (exact) mass is 546 g/mol. The van der Waals surface area contributed by atoms with E-state index in [1.165, 1.54) is 81.3 Å². The highest BCUT2D eigenvalue weighted by Crippen LogP contribution is 2.32. The lowest BCUT2D eigenvalue weighted by Crippen LogP contribution is -2.26. The molecule has 0 saturated carbocycles. The van der Waals surface area contributed by atoms with Crippen molar-refractivity contribution < 1.29 is 13.2 Å². The number of sulfonamides is 1. The summed E-state index contributed by atoms with van der Waals surface area (Å²) in [7, 11) is -3.98. The normalized spacial score (nSPS) is 11.4. The first-order valence-electron chi connectivity index (χ1n) is 11.8. The van der Waals surface area contributed by atoms with Crippen LogP contribution in [0.3, 0.4) is 0 Å². The summed E-state index contributed by atoms with van der Waals surface area (Å²) in [6, 6.07) is 8.49. The van der Waals surface area contributed by atoms with Crippen molar-refractivity contribution in [2.45, 2.75) is 76.0 Å². The summed E-state index contributed by atoms with van der Waals surface area (Å²) in [6.45, 7) is 2.71. The minimum Gasteiger partial charge on any atom is -0.352 e. The van der Waals surface area contributed by atoms with E-state index in [9.17, 15) is 13.2 Å². The third-order valence-corrected chi connectivity index (χ3v) is 7.61. The highest BCUT2D eigenvalue weighted by Gasteiger charge is 2.22. The molecule has 188 valence electrons. The standard InChI is InChI=1S/C25H33Cl3N2O3S/c1-2-3-4-5-6-7-8-9-10-11-16-29-25(31)22-17-20(27)18-23(28)24(22)30-34(32,33)21-14-12-19(26)13-15-21/h12-15,17-18,30H,2-11,16H2,1H3,(H,29,31). The Hall–Kier alpha value is -1.47. The molecule has 2 aromatic rings. The smallest absolute Gasteiger partial charge is 0.261 e. The van der Waals surface area contributed by atoms with E-state index in [0.717, 1.165) is 19.3 Å². The largest absolute Gasteiger partial charge is 0.352 e. The maximum absolute atomic E-state index is 12.8. The van der Waals surface area contributed by atoms with Crippen molar-refractivity contribution in [1.82, 2.24) is 5.32 Å². The molecule has 9 heteroatoms. The Bertz CT molecular complexity index is 1030. The molecule has 1 amide bonds. The van der Waals surface area contributed by atoms with Gasteiger partial charge in [-0.3, -0.25) is 9.52 Å². The second-order valence-corrected chi connectivity index (χ2v) is 11.3. The molecule has 2 N–H and O–H groups in total. The lowest BCUT2D eigenvalue weighted by molar-refractivity contribution is 0.0954. The van der Waals surface area contributed by atoms with Crippen molar-refractivity contribution in [2.75, 3.05) is 11.3 Å². The van der Waals surface area contributed by atoms with E-state index in [-0.39, 0.29) is 26.2 Å². The molecule has 0 aromatic heterocycles. The van der Waals surface area contributed by atoms with Gasteiger partial charge in [-0.05, 0) is 42.8 Å². The van der Waals surface area contributed by atoms with Gasteiger partial charge in [0.15, 0.2) is 0 Å². The molecule has 5 nitrogen and oxygen atoms in total. The molecule has 0 aliphatic heterocycles. The van der Waals surface area contributed by atoms with Crippen LogP contribution in [0.25, 0.3) is 0 Å². The van der Waals surface area contributed by atoms with Gasteiger partial charge in [-0.15, -0.1) is 0 Å². The first-order chi connectivity index (χ1) is 16.2. The summed E-state index contributed by atoms with van der Waals surface area (Å²) >= 11 is 18.2. The maximum Gasteiger partial charge on any atom is 0.261 e. The van der Waals surface area contributed by atoms with Crippen LogP contribution in [0.5, 0.6) is 0 Å². The summed E-state index contributed by atoms with van der Waals surface area (Å²) in [6.07, 6.45) is 12.0. The number of hydrogen-bond acceptors (Lipinski definition) is 3. The minimum atomic E-state index is -3.98. The van der Waals surface area contributed by atoms with Gasteiger partial charge < -0.3 is 5.32 Å². The Morgan fingerprint density at radius 1 is 0.794 bits per heavy atom. The van der Waals surface area contributed by atoms with Crippen LogP contribution in [-0.4, -0.2) is 20.9 Å². The Kier molecular flexibility index (Phi) is 12.5. The highest BCUT2D eigenvalue weighted by atomic mass is 35.5. The molecule has 0 unspecified atom stereocenters. The topological polar surface area (TPSA) is 75.3 Å². The molecule has 0 heterocycles. The number of carbonyl (C=O) groups excluding carboxylic acids is 1. The fourth-order valence-electron chi connectivity index (χ4n) is 3.57. The van der Waals surface area contributed by atoms with Gasteiger partial charge in [0, 0.05) is 16.6 Å². The second kappa shape index (κ2) is 14.8. The lowest BCUT2D eigenvalue weighted by Gasteiger charge is -2.15. The Morgan fingerprint density at radius 3 is 1.94 bits per heavy atom. The molecular weight excluding hydrogens is 515 g/mol. The van der Waals surface area contributed by atoms with Crippen LogP contribution in [0, 0.1) is 0 Å². The van der Waals surface area contributed by atoms with E-state index >= 15 is 0 Å². The summed E-state index contributed by atoms with van der Waals surface area (Å²) in [5.41, 5.74) is 0.0590. The molecule has 0 aliphatic rings. The molecular formula is C25H33Cl3N2O3S. The number of anilines is 1. The first kappa shape index (κ1) is 28.8. The molecule has 34 heavy (non-hydrogen) atoms. The van der Waals surface area contributed by atoms with Crippen LogP contribution < -0.4 is 10.0 Å². The number of nitrogens with one attached hydrogen (secondary N) is 2. The van der Waals surface area contributed by atoms with Crippen molar-refractivity contribution in [2.24, 2.45) is 0 Å². The van der Waals surface area contributed by atoms with Crippen molar-refractivity contribution in [1.29, 1.82) is 0 Å². The van der Waals surface area contributed by atoms with Crippen LogP contribution >= 0.6 is 34.8 Å². The van der Waals surface area contributed by atoms with Crippen LogP contribution in [0.2, 0.25) is 15.1 Å². The summed E-state index contributed by atoms with van der Waals surface area (Å²) in [5.74, 6) is -0.436. The van der Waals surface area contributed by atoms with E-state index < -0.39 is 15.9 Å². The van der Waals surface area contributed by atoms with Gasteiger partial charge in [-0.25, -0.2) is 8.42 Å². The predicted molar refractivity (Wildman–Crippen MR) is 143 cm³/mol. The number of halogens is 3. The quantitative estimate of drug-likeness (QED) is 0.221. The second-order valence-electron chi connectivity index (χ2n) is 8.31. The van der Waals surface area contributed by atoms with Crippen LogP contribution in [-0.2, 0) is 10.0 Å². The van der Waals surface area contributed by atoms with Crippen molar-refractivity contribution >= 4 is 56.4 Å². The first-order valence-corrected chi connectivity index (χ1v) is 14.4. The number of hydrogen-bond donors (Lipinski definition) is 2. The molecule has 0 spiro atoms. The average molecular weight is 548 g/mol. The number of unbranched alkanes of at least 4 members (excludes halogenated alkanes) is 9. The van der Waals surface area contributed by atoms with E-state index in [2.05, 4.69) is 17.0 Å². The summed E-state index contributed by atoms with van der Waals surface area (Å²) < 4.78 is 28.0. The fraction of sp³-hybridized carbons (Fsp3) is 0.480. The average Bonchev–Trinajstić information content (AvgIpc) is 2.79. The van der Waals surface area contributed by atoms with Gasteiger partial charge in [-0.1, -0.05) is 99.5 Å². The van der Waals surface area contributed by atoms with Crippen molar-refractivity contribution in [3.05, 3.63) is 57.0 Å². The van der Waals surface area contributed by atoms with Crippen LogP contribution in [0.15, 0.2) is 41.3 Å². The molecule has 0 fully saturated rings. The molecule has 0 atom stereocenters. The van der Waals surface area contributed by atoms with Crippen molar-refractivity contribution in [3.63, 3.8) is 0 Å². The van der Waals surface area contributed by atoms with Crippen LogP contribution in [0.1, 0.15) is 81.5 Å². The maximum atomic E-state index is 12.8. The van der Waals surface area contributed by atoms with Gasteiger partial charge in [0.2, 0.25) is 0 Å². The molecule has 0 aliphatic carbocycles. The van der Waals surface area contributed by atoms with Gasteiger partial charge >= 0.3 is 0 Å². The predicted octanol–water partition coefficient (Wildman–Crippen LogP) is 8.10. The van der Waals surface area contributed by atoms with E-state index in [1.54, 1.807) is 0 Å². The third-order valence-electron chi connectivity index (χ3n) is 5.48. The number of amides is 1. The number of rotatable bonds is 15. The molecule has 2 rings (SSSR count). The Labute approximate surface area is 218 Å². The Morgan fingerprint density at radius 2 is 1.35 bits per heavy atom. The van der Waals surface area contributed by atoms with Gasteiger partial charge in [0.05, 0.1) is 21.2 Å². The molecule has 0 saturated heterocycles. The van der Waals surface area contributed by atoms with Gasteiger partial charge in [-0.2, -0.15) is 0 Å². The Balaban J connectivity index is 1.90. The third kappa shape index (κ3) is 9.65. The van der Waals surface area contributed by atoms with E-state index in [4.69, 9.17) is 34.8 Å². The zero-order valence-electron chi connectivity index (χ0n) is 19.5. The zero-order chi connectivity index (χ0) is 25.0. The number of carbonyl (C=O) groups is 1. The summed E-state index contributed by atoms with van der Waals surface area (Å²) in [5, 5.41) is 3.53. The molecule has 0 bridgehead atoms. The SMILES string of the molecule is CCCCCCCCCCCCNC(=O)c1cc(Cl)cc(Cl)c1NS(=O)(=O)c1ccc(Cl)cc1. The number of benzene rings is 2. The molecule has 0 radical (unpaired) electrons. The minimum absolute atomic E-state index is 0.000335. The van der Waals surface area contributed by atoms with Crippen LogP contribution in [0.4, 0.5) is 5.69 Å². The van der Waals surface area contributed by atoms with E-state index in [0.29, 0.717) is 11.6 Å². The van der Waals surface area contributed by atoms with Crippen molar-refractivity contribution in [3.8, 4) is 0 Å². The van der Waals surface area contributed by atoms with Gasteiger partial charge in [0.1, 0.15) is 0 Å².